The van der Waals surface area contributed by atoms with Crippen molar-refractivity contribution in [1.82, 2.24) is 4.90 Å². The number of hydrogen-bond acceptors (Lipinski definition) is 4. The van der Waals surface area contributed by atoms with Crippen LogP contribution in [0.25, 0.3) is 0 Å². The minimum atomic E-state index is -0.848. The maximum Gasteiger partial charge on any atom is 0.338 e. The van der Waals surface area contributed by atoms with Gasteiger partial charge >= 0.3 is 5.97 Å². The molecule has 0 aliphatic heterocycles. The van der Waals surface area contributed by atoms with Gasteiger partial charge in [-0.3, -0.25) is 4.79 Å². The summed E-state index contributed by atoms with van der Waals surface area (Å²) in [6.45, 7) is 4.13. The maximum absolute atomic E-state index is 12.2. The summed E-state index contributed by atoms with van der Waals surface area (Å²) in [5.41, 5.74) is 0.343. The van der Waals surface area contributed by atoms with Crippen molar-refractivity contribution in [2.24, 2.45) is 0 Å². The van der Waals surface area contributed by atoms with Crippen molar-refractivity contribution in [2.75, 3.05) is 19.7 Å². The number of amides is 1. The molecule has 0 aliphatic rings. The van der Waals surface area contributed by atoms with E-state index in [0.29, 0.717) is 23.6 Å². The lowest BCUT2D eigenvalue weighted by Crippen LogP contribution is -2.42. The Hall–Kier alpha value is -1.59. The van der Waals surface area contributed by atoms with Crippen molar-refractivity contribution in [3.8, 4) is 0 Å². The van der Waals surface area contributed by atoms with Crippen LogP contribution in [0, 0.1) is 0 Å². The molecule has 1 aromatic rings. The Kier molecular flexibility index (Phi) is 7.19. The molecule has 0 saturated carbocycles. The fraction of sp³-hybridized carbons (Fsp3) is 0.467. The van der Waals surface area contributed by atoms with Crippen LogP contribution < -0.4 is 0 Å². The fourth-order valence-electron chi connectivity index (χ4n) is 1.84. The molecule has 5 nitrogen and oxygen atoms in total. The van der Waals surface area contributed by atoms with E-state index < -0.39 is 12.1 Å². The van der Waals surface area contributed by atoms with E-state index in [2.05, 4.69) is 0 Å². The third kappa shape index (κ3) is 5.02. The largest absolute Gasteiger partial charge is 0.449 e. The summed E-state index contributed by atoms with van der Waals surface area (Å²) in [6, 6.07) is 6.27. The van der Waals surface area contributed by atoms with Gasteiger partial charge in [0, 0.05) is 18.1 Å². The molecule has 1 atom stereocenters. The predicted octanol–water partition coefficient (Wildman–Crippen LogP) is 2.12. The molecule has 1 amide bonds. The first-order chi connectivity index (χ1) is 10.0. The molecule has 1 aromatic carbocycles. The van der Waals surface area contributed by atoms with Crippen molar-refractivity contribution < 1.29 is 19.4 Å². The quantitative estimate of drug-likeness (QED) is 0.783. The van der Waals surface area contributed by atoms with Gasteiger partial charge in [-0.1, -0.05) is 18.5 Å². The third-order valence-corrected chi connectivity index (χ3v) is 3.29. The van der Waals surface area contributed by atoms with Crippen LogP contribution in [0.3, 0.4) is 0 Å². The molecule has 0 aliphatic carbocycles. The van der Waals surface area contributed by atoms with Crippen LogP contribution in [0.1, 0.15) is 30.6 Å². The van der Waals surface area contributed by atoms with Gasteiger partial charge in [0.05, 0.1) is 12.2 Å². The van der Waals surface area contributed by atoms with Crippen LogP contribution in [-0.4, -0.2) is 47.7 Å². The van der Waals surface area contributed by atoms with E-state index in [-0.39, 0.29) is 19.1 Å². The van der Waals surface area contributed by atoms with Gasteiger partial charge in [0.25, 0.3) is 5.91 Å². The lowest BCUT2D eigenvalue weighted by atomic mass is 10.2. The second-order valence-corrected chi connectivity index (χ2v) is 4.89. The van der Waals surface area contributed by atoms with E-state index in [9.17, 15) is 9.59 Å². The first kappa shape index (κ1) is 17.5. The number of ether oxygens (including phenoxy) is 1. The molecule has 0 fully saturated rings. The molecule has 21 heavy (non-hydrogen) atoms. The summed E-state index contributed by atoms with van der Waals surface area (Å²) in [6.07, 6.45) is -0.472. The Balaban J connectivity index is 2.74. The number of likely N-dealkylation sites (N-methyl/N-ethyl adjacent to an activating group) is 1. The number of carbonyl (C=O) groups excluding carboxylic acids is 2. The SMILES string of the molecule is CCC(OC(=O)c1ccc(Cl)cc1)C(=O)N(CC)CCO. The fourth-order valence-corrected chi connectivity index (χ4v) is 1.97. The predicted molar refractivity (Wildman–Crippen MR) is 80.3 cm³/mol. The molecule has 0 heterocycles. The Morgan fingerprint density at radius 3 is 2.38 bits per heavy atom. The number of rotatable bonds is 7. The van der Waals surface area contributed by atoms with E-state index in [4.69, 9.17) is 21.4 Å². The number of hydrogen-bond donors (Lipinski definition) is 1. The lowest BCUT2D eigenvalue weighted by Gasteiger charge is -2.24. The summed E-state index contributed by atoms with van der Waals surface area (Å²) in [7, 11) is 0. The monoisotopic (exact) mass is 313 g/mol. The zero-order valence-electron chi connectivity index (χ0n) is 12.2. The summed E-state index contributed by atoms with van der Waals surface area (Å²) in [4.78, 5) is 25.7. The van der Waals surface area contributed by atoms with Crippen LogP contribution in [0.5, 0.6) is 0 Å². The van der Waals surface area contributed by atoms with E-state index in [1.165, 1.54) is 4.90 Å². The summed E-state index contributed by atoms with van der Waals surface area (Å²) < 4.78 is 5.26. The van der Waals surface area contributed by atoms with Gasteiger partial charge < -0.3 is 14.7 Å². The Bertz CT molecular complexity index is 475. The average molecular weight is 314 g/mol. The van der Waals surface area contributed by atoms with Crippen molar-refractivity contribution in [3.05, 3.63) is 34.9 Å². The van der Waals surface area contributed by atoms with Gasteiger partial charge in [-0.25, -0.2) is 4.79 Å². The normalized spacial score (nSPS) is 11.8. The number of esters is 1. The second-order valence-electron chi connectivity index (χ2n) is 4.45. The standard InChI is InChI=1S/C15H20ClNO4/c1-3-13(14(19)17(4-2)9-10-18)21-15(20)11-5-7-12(16)8-6-11/h5-8,13,18H,3-4,9-10H2,1-2H3. The van der Waals surface area contributed by atoms with Gasteiger partial charge in [0.2, 0.25) is 0 Å². The van der Waals surface area contributed by atoms with Crippen LogP contribution in [0.15, 0.2) is 24.3 Å². The number of carbonyl (C=O) groups is 2. The molecule has 1 unspecified atom stereocenters. The van der Waals surface area contributed by atoms with Crippen LogP contribution in [0.4, 0.5) is 0 Å². The molecular formula is C15H20ClNO4. The summed E-state index contributed by atoms with van der Waals surface area (Å²) >= 11 is 5.76. The molecular weight excluding hydrogens is 294 g/mol. The number of nitrogens with zero attached hydrogens (tertiary/aromatic N) is 1. The maximum atomic E-state index is 12.2. The van der Waals surface area contributed by atoms with Gasteiger partial charge in [0.1, 0.15) is 0 Å². The number of aliphatic hydroxyl groups is 1. The smallest absolute Gasteiger partial charge is 0.338 e. The number of halogens is 1. The van der Waals surface area contributed by atoms with Crippen molar-refractivity contribution in [2.45, 2.75) is 26.4 Å². The van der Waals surface area contributed by atoms with Gasteiger partial charge in [-0.15, -0.1) is 0 Å². The van der Waals surface area contributed by atoms with E-state index in [1.807, 2.05) is 0 Å². The number of aliphatic hydroxyl groups excluding tert-OH is 1. The van der Waals surface area contributed by atoms with Crippen molar-refractivity contribution in [3.63, 3.8) is 0 Å². The molecule has 1 N–H and O–H groups in total. The van der Waals surface area contributed by atoms with Crippen LogP contribution >= 0.6 is 11.6 Å². The minimum Gasteiger partial charge on any atom is -0.449 e. The van der Waals surface area contributed by atoms with Crippen LogP contribution in [-0.2, 0) is 9.53 Å². The summed E-state index contributed by atoms with van der Waals surface area (Å²) in [5, 5.41) is 9.47. The zero-order chi connectivity index (χ0) is 15.8. The molecule has 116 valence electrons. The highest BCUT2D eigenvalue weighted by molar-refractivity contribution is 6.30. The molecule has 0 bridgehead atoms. The topological polar surface area (TPSA) is 66.8 Å². The molecule has 0 spiro atoms. The van der Waals surface area contributed by atoms with Gasteiger partial charge in [-0.2, -0.15) is 0 Å². The Morgan fingerprint density at radius 1 is 1.29 bits per heavy atom. The highest BCUT2D eigenvalue weighted by Gasteiger charge is 2.25. The van der Waals surface area contributed by atoms with Crippen molar-refractivity contribution >= 4 is 23.5 Å². The average Bonchev–Trinajstić information content (AvgIpc) is 2.50. The first-order valence-corrected chi connectivity index (χ1v) is 7.27. The Morgan fingerprint density at radius 2 is 1.90 bits per heavy atom. The molecule has 6 heteroatoms. The third-order valence-electron chi connectivity index (χ3n) is 3.04. The lowest BCUT2D eigenvalue weighted by molar-refractivity contribution is -0.141. The van der Waals surface area contributed by atoms with E-state index in [1.54, 1.807) is 38.1 Å². The minimum absolute atomic E-state index is 0.124. The molecule has 0 radical (unpaired) electrons. The molecule has 1 rings (SSSR count). The zero-order valence-corrected chi connectivity index (χ0v) is 13.0. The van der Waals surface area contributed by atoms with Gasteiger partial charge in [-0.05, 0) is 37.6 Å². The highest BCUT2D eigenvalue weighted by Crippen LogP contribution is 2.13. The van der Waals surface area contributed by atoms with E-state index >= 15 is 0 Å². The second kappa shape index (κ2) is 8.64. The molecule has 0 saturated heterocycles. The van der Waals surface area contributed by atoms with E-state index in [0.717, 1.165) is 0 Å². The summed E-state index contributed by atoms with van der Waals surface area (Å²) in [5.74, 6) is -0.858. The van der Waals surface area contributed by atoms with Crippen molar-refractivity contribution in [1.29, 1.82) is 0 Å². The van der Waals surface area contributed by atoms with Gasteiger partial charge in [0.15, 0.2) is 6.10 Å². The first-order valence-electron chi connectivity index (χ1n) is 6.89. The molecule has 0 aromatic heterocycles. The highest BCUT2D eigenvalue weighted by atomic mass is 35.5. The Labute approximate surface area is 129 Å². The van der Waals surface area contributed by atoms with Crippen LogP contribution in [0.2, 0.25) is 5.02 Å². The number of benzene rings is 1.